The van der Waals surface area contributed by atoms with Crippen molar-refractivity contribution in [2.24, 2.45) is 0 Å². The molecule has 6 heteroatoms. The number of ketones is 1. The highest BCUT2D eigenvalue weighted by atomic mass is 16.5. The lowest BCUT2D eigenvalue weighted by Gasteiger charge is -2.26. The number of hydrogen-bond acceptors (Lipinski definition) is 5. The third kappa shape index (κ3) is 5.90. The fourth-order valence-electron chi connectivity index (χ4n) is 3.08. The zero-order chi connectivity index (χ0) is 19.8. The molecule has 0 bridgehead atoms. The topological polar surface area (TPSA) is 67.9 Å². The SMILES string of the molecule is COc1ccc(C(=O)CCC(=O)Nc2ccc(CN3CCOCC3)cc2)cc1. The van der Waals surface area contributed by atoms with E-state index in [1.165, 1.54) is 5.56 Å². The number of rotatable bonds is 8. The smallest absolute Gasteiger partial charge is 0.224 e. The van der Waals surface area contributed by atoms with Gasteiger partial charge in [-0.05, 0) is 42.0 Å². The van der Waals surface area contributed by atoms with Gasteiger partial charge in [0.15, 0.2) is 5.78 Å². The van der Waals surface area contributed by atoms with Crippen LogP contribution in [0.15, 0.2) is 48.5 Å². The predicted molar refractivity (Wildman–Crippen MR) is 108 cm³/mol. The first kappa shape index (κ1) is 20.0. The molecule has 0 radical (unpaired) electrons. The molecular formula is C22H26N2O4. The maximum Gasteiger partial charge on any atom is 0.224 e. The van der Waals surface area contributed by atoms with E-state index >= 15 is 0 Å². The lowest BCUT2D eigenvalue weighted by atomic mass is 10.1. The van der Waals surface area contributed by atoms with Crippen molar-refractivity contribution in [2.75, 3.05) is 38.7 Å². The Kier molecular flexibility index (Phi) is 7.17. The Morgan fingerprint density at radius 2 is 1.68 bits per heavy atom. The number of carbonyl (C=O) groups is 2. The summed E-state index contributed by atoms with van der Waals surface area (Å²) in [5.41, 5.74) is 2.53. The molecule has 1 N–H and O–H groups in total. The number of Topliss-reactive ketones (excluding diaryl/α,β-unsaturated/α-hetero) is 1. The van der Waals surface area contributed by atoms with Crippen LogP contribution in [0.3, 0.4) is 0 Å². The summed E-state index contributed by atoms with van der Waals surface area (Å²) in [5, 5.41) is 2.85. The van der Waals surface area contributed by atoms with Crippen molar-refractivity contribution in [3.8, 4) is 5.75 Å². The minimum Gasteiger partial charge on any atom is -0.497 e. The average Bonchev–Trinajstić information content (AvgIpc) is 2.74. The molecule has 0 atom stereocenters. The van der Waals surface area contributed by atoms with Crippen molar-refractivity contribution in [1.82, 2.24) is 4.90 Å². The van der Waals surface area contributed by atoms with E-state index in [-0.39, 0.29) is 24.5 Å². The number of benzene rings is 2. The second-order valence-corrected chi connectivity index (χ2v) is 6.79. The van der Waals surface area contributed by atoms with Crippen molar-refractivity contribution in [3.63, 3.8) is 0 Å². The van der Waals surface area contributed by atoms with Crippen LogP contribution in [0.5, 0.6) is 5.75 Å². The second-order valence-electron chi connectivity index (χ2n) is 6.79. The van der Waals surface area contributed by atoms with Gasteiger partial charge >= 0.3 is 0 Å². The van der Waals surface area contributed by atoms with Gasteiger partial charge in [-0.2, -0.15) is 0 Å². The summed E-state index contributed by atoms with van der Waals surface area (Å²) < 4.78 is 10.4. The van der Waals surface area contributed by atoms with Crippen molar-refractivity contribution in [3.05, 3.63) is 59.7 Å². The van der Waals surface area contributed by atoms with E-state index in [0.29, 0.717) is 11.3 Å². The zero-order valence-electron chi connectivity index (χ0n) is 16.1. The molecule has 6 nitrogen and oxygen atoms in total. The highest BCUT2D eigenvalue weighted by molar-refractivity contribution is 6.00. The van der Waals surface area contributed by atoms with Crippen LogP contribution < -0.4 is 10.1 Å². The van der Waals surface area contributed by atoms with Crippen LogP contribution in [0.2, 0.25) is 0 Å². The molecule has 28 heavy (non-hydrogen) atoms. The molecule has 0 unspecified atom stereocenters. The normalized spacial score (nSPS) is 14.5. The second kappa shape index (κ2) is 10.0. The number of anilines is 1. The van der Waals surface area contributed by atoms with Crippen LogP contribution in [0.4, 0.5) is 5.69 Å². The number of ether oxygens (including phenoxy) is 2. The van der Waals surface area contributed by atoms with Gasteiger partial charge < -0.3 is 14.8 Å². The first-order chi connectivity index (χ1) is 13.6. The van der Waals surface area contributed by atoms with E-state index in [1.54, 1.807) is 31.4 Å². The largest absolute Gasteiger partial charge is 0.497 e. The maximum absolute atomic E-state index is 12.2. The van der Waals surface area contributed by atoms with Gasteiger partial charge in [-0.25, -0.2) is 0 Å². The quantitative estimate of drug-likeness (QED) is 0.711. The summed E-state index contributed by atoms with van der Waals surface area (Å²) in [7, 11) is 1.58. The fraction of sp³-hybridized carbons (Fsp3) is 0.364. The Hall–Kier alpha value is -2.70. The van der Waals surface area contributed by atoms with Crippen LogP contribution in [0.1, 0.15) is 28.8 Å². The van der Waals surface area contributed by atoms with E-state index in [2.05, 4.69) is 10.2 Å². The first-order valence-corrected chi connectivity index (χ1v) is 9.50. The molecule has 1 amide bonds. The average molecular weight is 382 g/mol. The van der Waals surface area contributed by atoms with Crippen LogP contribution >= 0.6 is 0 Å². The van der Waals surface area contributed by atoms with Crippen molar-refractivity contribution in [1.29, 1.82) is 0 Å². The molecule has 1 aliphatic rings. The lowest BCUT2D eigenvalue weighted by molar-refractivity contribution is -0.116. The third-order valence-corrected chi connectivity index (χ3v) is 4.74. The van der Waals surface area contributed by atoms with E-state index in [0.717, 1.165) is 38.5 Å². The van der Waals surface area contributed by atoms with Gasteiger partial charge in [0.2, 0.25) is 5.91 Å². The Bertz CT molecular complexity index is 781. The summed E-state index contributed by atoms with van der Waals surface area (Å²) in [6.45, 7) is 4.34. The number of nitrogens with zero attached hydrogens (tertiary/aromatic N) is 1. The van der Waals surface area contributed by atoms with Gasteiger partial charge in [0.1, 0.15) is 5.75 Å². The number of amides is 1. The molecular weight excluding hydrogens is 356 g/mol. The van der Waals surface area contributed by atoms with Gasteiger partial charge in [-0.3, -0.25) is 14.5 Å². The number of methoxy groups -OCH3 is 1. The molecule has 148 valence electrons. The molecule has 0 aromatic heterocycles. The van der Waals surface area contributed by atoms with Gasteiger partial charge in [0, 0.05) is 43.7 Å². The number of morpholine rings is 1. The van der Waals surface area contributed by atoms with Gasteiger partial charge in [-0.15, -0.1) is 0 Å². The zero-order valence-corrected chi connectivity index (χ0v) is 16.1. The van der Waals surface area contributed by atoms with E-state index < -0.39 is 0 Å². The summed E-state index contributed by atoms with van der Waals surface area (Å²) in [6.07, 6.45) is 0.327. The predicted octanol–water partition coefficient (Wildman–Crippen LogP) is 3.13. The van der Waals surface area contributed by atoms with Crippen molar-refractivity contribution in [2.45, 2.75) is 19.4 Å². The molecule has 1 saturated heterocycles. The molecule has 1 aliphatic heterocycles. The van der Waals surface area contributed by atoms with Crippen molar-refractivity contribution >= 4 is 17.4 Å². The number of hydrogen-bond donors (Lipinski definition) is 1. The highest BCUT2D eigenvalue weighted by Crippen LogP contribution is 2.15. The van der Waals surface area contributed by atoms with Crippen LogP contribution in [0, 0.1) is 0 Å². The summed E-state index contributed by atoms with van der Waals surface area (Å²) in [6, 6.07) is 14.8. The Labute approximate surface area is 165 Å². The maximum atomic E-state index is 12.2. The summed E-state index contributed by atoms with van der Waals surface area (Å²) >= 11 is 0. The summed E-state index contributed by atoms with van der Waals surface area (Å²) in [5.74, 6) is 0.479. The molecule has 2 aromatic carbocycles. The highest BCUT2D eigenvalue weighted by Gasteiger charge is 2.12. The van der Waals surface area contributed by atoms with Crippen LogP contribution in [-0.2, 0) is 16.1 Å². The Morgan fingerprint density at radius 1 is 1.00 bits per heavy atom. The Morgan fingerprint density at radius 3 is 2.32 bits per heavy atom. The van der Waals surface area contributed by atoms with Crippen LogP contribution in [0.25, 0.3) is 0 Å². The van der Waals surface area contributed by atoms with Crippen LogP contribution in [-0.4, -0.2) is 50.0 Å². The Balaban J connectivity index is 1.44. The molecule has 2 aromatic rings. The van der Waals surface area contributed by atoms with E-state index in [4.69, 9.17) is 9.47 Å². The molecule has 1 fully saturated rings. The molecule has 1 heterocycles. The van der Waals surface area contributed by atoms with E-state index in [9.17, 15) is 9.59 Å². The fourth-order valence-corrected chi connectivity index (χ4v) is 3.08. The first-order valence-electron chi connectivity index (χ1n) is 9.50. The third-order valence-electron chi connectivity index (χ3n) is 4.74. The molecule has 3 rings (SSSR count). The monoisotopic (exact) mass is 382 g/mol. The van der Waals surface area contributed by atoms with Gasteiger partial charge in [0.25, 0.3) is 0 Å². The lowest BCUT2D eigenvalue weighted by Crippen LogP contribution is -2.35. The summed E-state index contributed by atoms with van der Waals surface area (Å²) in [4.78, 5) is 26.7. The standard InChI is InChI=1S/C22H26N2O4/c1-27-20-8-4-18(5-9-20)21(25)10-11-22(26)23-19-6-2-17(3-7-19)16-24-12-14-28-15-13-24/h2-9H,10-16H2,1H3,(H,23,26). The minimum atomic E-state index is -0.164. The van der Waals surface area contributed by atoms with Gasteiger partial charge in [0.05, 0.1) is 20.3 Å². The minimum absolute atomic E-state index is 0.0568. The number of nitrogens with one attached hydrogen (secondary N) is 1. The van der Waals surface area contributed by atoms with Gasteiger partial charge in [-0.1, -0.05) is 12.1 Å². The van der Waals surface area contributed by atoms with E-state index in [1.807, 2.05) is 24.3 Å². The van der Waals surface area contributed by atoms with Crippen molar-refractivity contribution < 1.29 is 19.1 Å². The molecule has 0 spiro atoms. The molecule has 0 aliphatic carbocycles. The number of carbonyl (C=O) groups excluding carboxylic acids is 2. The molecule has 0 saturated carbocycles.